The number of halogens is 2. The maximum absolute atomic E-state index is 15.0. The van der Waals surface area contributed by atoms with E-state index < -0.39 is 23.4 Å². The minimum absolute atomic E-state index is 0.0290. The molecule has 0 saturated carbocycles. The van der Waals surface area contributed by atoms with Crippen molar-refractivity contribution in [1.29, 1.82) is 0 Å². The molecule has 3 heterocycles. The van der Waals surface area contributed by atoms with E-state index in [9.17, 15) is 14.3 Å². The summed E-state index contributed by atoms with van der Waals surface area (Å²) in [5, 5.41) is 17.8. The minimum Gasteiger partial charge on any atom is -0.539 e. The van der Waals surface area contributed by atoms with Gasteiger partial charge in [-0.25, -0.2) is 13.8 Å². The van der Waals surface area contributed by atoms with Crippen LogP contribution in [0.2, 0.25) is 0 Å². The Kier molecular flexibility index (Phi) is 5.20. The maximum atomic E-state index is 15.0. The van der Waals surface area contributed by atoms with E-state index in [1.165, 1.54) is 13.1 Å². The number of nitrogens with two attached hydrogens (primary N) is 1. The number of ketones is 1. The molecule has 0 aliphatic rings. The second kappa shape index (κ2) is 8.45. The molecule has 6 rings (SSSR count). The molecule has 0 amide bonds. The highest BCUT2D eigenvalue weighted by Crippen LogP contribution is 2.43. The van der Waals surface area contributed by atoms with Crippen LogP contribution < -0.4 is 15.5 Å². The van der Waals surface area contributed by atoms with Crippen molar-refractivity contribution < 1.29 is 27.9 Å². The molecule has 0 unspecified atom stereocenters. The van der Waals surface area contributed by atoms with Crippen molar-refractivity contribution in [1.82, 2.24) is 10.3 Å². The third kappa shape index (κ3) is 3.61. The molecule has 0 aliphatic carbocycles. The zero-order valence-corrected chi connectivity index (χ0v) is 20.0. The van der Waals surface area contributed by atoms with Gasteiger partial charge in [0.15, 0.2) is 13.0 Å². The van der Waals surface area contributed by atoms with Crippen molar-refractivity contribution in [2.45, 2.75) is 0 Å². The predicted octanol–water partition coefficient (Wildman–Crippen LogP) is 4.76. The van der Waals surface area contributed by atoms with Gasteiger partial charge in [-0.1, -0.05) is 47.1 Å². The van der Waals surface area contributed by atoms with Gasteiger partial charge in [-0.3, -0.25) is 4.79 Å². The van der Waals surface area contributed by atoms with Gasteiger partial charge in [0.1, 0.15) is 21.3 Å². The number of hydrogen-bond donors (Lipinski definition) is 1. The van der Waals surface area contributed by atoms with Crippen molar-refractivity contribution in [3.63, 3.8) is 0 Å². The molecule has 0 atom stereocenters. The van der Waals surface area contributed by atoms with Crippen LogP contribution in [0.5, 0.6) is 5.95 Å². The topological polar surface area (TPSA) is 109 Å². The number of anilines is 1. The van der Waals surface area contributed by atoms with Crippen molar-refractivity contribution in [2.24, 2.45) is 7.05 Å². The fraction of sp³-hybridized carbons (Fsp3) is 0.0370. The second-order valence-corrected chi connectivity index (χ2v) is 9.39. The summed E-state index contributed by atoms with van der Waals surface area (Å²) in [4.78, 5) is 18.5. The lowest BCUT2D eigenvalue weighted by Crippen LogP contribution is -2.37. The number of carbonyl (C=O) groups is 1. The number of aromatic nitrogens is 3. The Morgan fingerprint density at radius 1 is 1.03 bits per heavy atom. The Morgan fingerprint density at radius 3 is 2.57 bits per heavy atom. The predicted molar refractivity (Wildman–Crippen MR) is 133 cm³/mol. The lowest BCUT2D eigenvalue weighted by Gasteiger charge is -2.11. The van der Waals surface area contributed by atoms with E-state index in [1.807, 2.05) is 42.5 Å². The third-order valence-electron chi connectivity index (χ3n) is 6.17. The Morgan fingerprint density at radius 2 is 1.81 bits per heavy atom. The Hall–Kier alpha value is -4.70. The number of aryl methyl sites for hydroxylation is 1. The highest BCUT2D eigenvalue weighted by atomic mass is 32.1. The first-order chi connectivity index (χ1) is 17.8. The van der Waals surface area contributed by atoms with Crippen LogP contribution in [0.15, 0.2) is 71.3 Å². The molecule has 0 aliphatic heterocycles. The summed E-state index contributed by atoms with van der Waals surface area (Å²) in [6, 6.07) is 18.4. The van der Waals surface area contributed by atoms with Crippen molar-refractivity contribution in [2.75, 3.05) is 5.73 Å². The molecule has 0 saturated heterocycles. The van der Waals surface area contributed by atoms with Gasteiger partial charge in [0.25, 0.3) is 5.78 Å². The number of hydrogen-bond acceptors (Lipinski definition) is 7. The summed E-state index contributed by atoms with van der Waals surface area (Å²) in [5.41, 5.74) is 7.90. The smallest absolute Gasteiger partial charge is 0.305 e. The van der Waals surface area contributed by atoms with Crippen LogP contribution in [0.25, 0.3) is 43.4 Å². The van der Waals surface area contributed by atoms with Gasteiger partial charge in [0.05, 0.1) is 16.7 Å². The van der Waals surface area contributed by atoms with E-state index in [2.05, 4.69) is 9.79 Å². The number of carbonyl (C=O) groups excluding carboxylic acids is 1. The molecule has 3 aromatic carbocycles. The quantitative estimate of drug-likeness (QED) is 0.268. The third-order valence-corrected chi connectivity index (χ3v) is 7.27. The van der Waals surface area contributed by atoms with Crippen molar-refractivity contribution >= 4 is 43.8 Å². The summed E-state index contributed by atoms with van der Waals surface area (Å²) in [7, 11) is 1.40. The van der Waals surface area contributed by atoms with Gasteiger partial charge in [-0.15, -0.1) is 11.3 Å². The number of benzene rings is 3. The highest BCUT2D eigenvalue weighted by molar-refractivity contribution is 7.21. The Bertz CT molecular complexity index is 1850. The number of pyridine rings is 1. The first-order valence-corrected chi connectivity index (χ1v) is 11.9. The maximum Gasteiger partial charge on any atom is 0.305 e. The second-order valence-electron chi connectivity index (χ2n) is 8.39. The standard InChI is InChI=1S/C27H16F2N4O3S/c1-33-23(27(35)36-32-33)24(34)25-22(30)21-18(16-10-9-14(28)11-19(16)29)12-20(31-26(21)37-25)17-8-4-6-13-5-2-3-7-15(13)17/h2-12H,1H3,(H2-,30,32,34,35). The first-order valence-electron chi connectivity index (χ1n) is 11.1. The average Bonchev–Trinajstić information content (AvgIpc) is 3.41. The Labute approximate surface area is 212 Å². The molecule has 10 heteroatoms. The molecule has 7 nitrogen and oxygen atoms in total. The van der Waals surface area contributed by atoms with E-state index in [0.717, 1.165) is 44.5 Å². The highest BCUT2D eigenvalue weighted by Gasteiger charge is 2.30. The van der Waals surface area contributed by atoms with E-state index in [4.69, 9.17) is 10.7 Å². The summed E-state index contributed by atoms with van der Waals surface area (Å²) in [6.45, 7) is 0. The lowest BCUT2D eigenvalue weighted by atomic mass is 9.96. The van der Waals surface area contributed by atoms with Gasteiger partial charge in [0, 0.05) is 22.6 Å². The molecule has 2 N–H and O–H groups in total. The molecule has 0 fully saturated rings. The van der Waals surface area contributed by atoms with Gasteiger partial charge < -0.3 is 15.4 Å². The molecule has 0 bridgehead atoms. The zero-order chi connectivity index (χ0) is 25.8. The summed E-state index contributed by atoms with van der Waals surface area (Å²) < 4.78 is 34.4. The summed E-state index contributed by atoms with van der Waals surface area (Å²) >= 11 is 0.976. The molecular weight excluding hydrogens is 498 g/mol. The lowest BCUT2D eigenvalue weighted by molar-refractivity contribution is -0.741. The van der Waals surface area contributed by atoms with Gasteiger partial charge >= 0.3 is 5.69 Å². The number of thiophene rings is 1. The molecule has 6 aromatic rings. The van der Waals surface area contributed by atoms with E-state index in [-0.39, 0.29) is 21.8 Å². The normalized spacial score (nSPS) is 11.4. The molecule has 0 spiro atoms. The fourth-order valence-corrected chi connectivity index (χ4v) is 5.52. The monoisotopic (exact) mass is 514 g/mol. The van der Waals surface area contributed by atoms with Crippen LogP contribution >= 0.6 is 11.3 Å². The van der Waals surface area contributed by atoms with Crippen LogP contribution in [-0.2, 0) is 7.05 Å². The van der Waals surface area contributed by atoms with Crippen LogP contribution in [0.1, 0.15) is 15.4 Å². The van der Waals surface area contributed by atoms with Crippen LogP contribution in [0.4, 0.5) is 14.5 Å². The molecular formula is C27H16F2N4O3S. The van der Waals surface area contributed by atoms with Gasteiger partial charge in [-0.2, -0.15) is 0 Å². The van der Waals surface area contributed by atoms with E-state index in [0.29, 0.717) is 21.5 Å². The molecule has 37 heavy (non-hydrogen) atoms. The summed E-state index contributed by atoms with van der Waals surface area (Å²) in [5.74, 6) is -3.11. The van der Waals surface area contributed by atoms with Gasteiger partial charge in [-0.05, 0) is 34.5 Å². The number of nitrogens with zero attached hydrogens (tertiary/aromatic N) is 3. The number of rotatable bonds is 4. The molecule has 182 valence electrons. The fourth-order valence-electron chi connectivity index (χ4n) is 4.46. The molecule has 0 radical (unpaired) electrons. The Balaban J connectivity index is 1.67. The van der Waals surface area contributed by atoms with E-state index in [1.54, 1.807) is 6.07 Å². The zero-order valence-electron chi connectivity index (χ0n) is 19.2. The average molecular weight is 515 g/mol. The van der Waals surface area contributed by atoms with E-state index >= 15 is 4.39 Å². The van der Waals surface area contributed by atoms with Crippen LogP contribution in [0, 0.1) is 11.6 Å². The first kappa shape index (κ1) is 22.7. The largest absolute Gasteiger partial charge is 0.539 e. The summed E-state index contributed by atoms with van der Waals surface area (Å²) in [6.07, 6.45) is 0. The number of fused-ring (bicyclic) bond motifs is 2. The molecule has 3 aromatic heterocycles. The van der Waals surface area contributed by atoms with Gasteiger partial charge in [0.2, 0.25) is 0 Å². The number of nitrogen functional groups attached to an aromatic ring is 1. The van der Waals surface area contributed by atoms with Crippen molar-refractivity contribution in [3.8, 4) is 28.3 Å². The van der Waals surface area contributed by atoms with Crippen LogP contribution in [-0.4, -0.2) is 16.0 Å². The van der Waals surface area contributed by atoms with Crippen LogP contribution in [0.3, 0.4) is 0 Å². The SMILES string of the molecule is C[n+]1noc([O-])c1C(=O)c1sc2nc(-c3cccc4ccccc34)cc(-c3ccc(F)cc3F)c2c1N. The van der Waals surface area contributed by atoms with Crippen molar-refractivity contribution in [3.05, 3.63) is 88.9 Å². The minimum atomic E-state index is -0.904.